The minimum Gasteiger partial charge on any atom is -1.00 e. The molecule has 0 bridgehead atoms. The summed E-state index contributed by atoms with van der Waals surface area (Å²) in [6.07, 6.45) is 5.46. The molecule has 0 aliphatic rings. The normalized spacial score (nSPS) is 9.93. The van der Waals surface area contributed by atoms with E-state index in [4.69, 9.17) is 0 Å². The molecule has 2 heteroatoms. The third kappa shape index (κ3) is 2.91. The number of rotatable bonds is 3. The summed E-state index contributed by atoms with van der Waals surface area (Å²) in [5.74, 6) is 0. The van der Waals surface area contributed by atoms with Gasteiger partial charge >= 0.3 is 0 Å². The molecule has 0 aliphatic carbocycles. The van der Waals surface area contributed by atoms with Crippen molar-refractivity contribution in [1.29, 1.82) is 0 Å². The topological polar surface area (TPSA) is 12.9 Å². The number of fused-ring (bicyclic) bond motifs is 1. The van der Waals surface area contributed by atoms with Crippen molar-refractivity contribution >= 4 is 10.8 Å². The van der Waals surface area contributed by atoms with Crippen LogP contribution in [0.15, 0.2) is 36.5 Å². The van der Waals surface area contributed by atoms with Crippen LogP contribution in [-0.4, -0.2) is 4.98 Å². The molecule has 0 radical (unpaired) electrons. The highest BCUT2D eigenvalue weighted by Crippen LogP contribution is 2.17. The van der Waals surface area contributed by atoms with E-state index in [0.717, 1.165) is 6.42 Å². The van der Waals surface area contributed by atoms with Gasteiger partial charge in [-0.1, -0.05) is 37.6 Å². The number of aryl methyl sites for hydroxylation is 1. The van der Waals surface area contributed by atoms with Crippen LogP contribution >= 0.6 is 0 Å². The largest absolute Gasteiger partial charge is 1.00 e. The lowest BCUT2D eigenvalue weighted by molar-refractivity contribution is -0.00000293. The van der Waals surface area contributed by atoms with Crippen LogP contribution in [-0.2, 0) is 6.42 Å². The fourth-order valence-electron chi connectivity index (χ4n) is 1.73. The first-order valence-corrected chi connectivity index (χ1v) is 5.24. The van der Waals surface area contributed by atoms with Gasteiger partial charge in [0.2, 0.25) is 0 Å². The van der Waals surface area contributed by atoms with Crippen molar-refractivity contribution in [2.45, 2.75) is 26.2 Å². The van der Waals surface area contributed by atoms with Gasteiger partial charge in [-0.25, -0.2) is 0 Å². The van der Waals surface area contributed by atoms with Crippen molar-refractivity contribution in [2.75, 3.05) is 0 Å². The Morgan fingerprint density at radius 1 is 1.13 bits per heavy atom. The summed E-state index contributed by atoms with van der Waals surface area (Å²) in [6.45, 7) is 2.21. The van der Waals surface area contributed by atoms with Crippen molar-refractivity contribution in [3.8, 4) is 0 Å². The second-order valence-corrected chi connectivity index (χ2v) is 3.58. The molecule has 2 aromatic rings. The molecule has 0 saturated carbocycles. The Hall–Kier alpha value is -0.640. The van der Waals surface area contributed by atoms with Crippen LogP contribution < -0.4 is 24.0 Å². The molecule has 0 fully saturated rings. The number of hydrogen-bond donors (Lipinski definition) is 0. The molecule has 0 unspecified atom stereocenters. The molecule has 1 nitrogen and oxygen atoms in total. The zero-order valence-electron chi connectivity index (χ0n) is 8.91. The van der Waals surface area contributed by atoms with E-state index < -0.39 is 0 Å². The monoisotopic (exact) mass is 312 g/mol. The first-order valence-electron chi connectivity index (χ1n) is 5.24. The molecule has 1 heterocycles. The second-order valence-electron chi connectivity index (χ2n) is 3.58. The van der Waals surface area contributed by atoms with Crippen molar-refractivity contribution in [1.82, 2.24) is 4.98 Å². The summed E-state index contributed by atoms with van der Waals surface area (Å²) in [5, 5.41) is 2.61. The maximum Gasteiger partial charge on any atom is 0.0481 e. The molecule has 1 aromatic carbocycles. The summed E-state index contributed by atoms with van der Waals surface area (Å²) >= 11 is 0. The molecular weight excluding hydrogens is 297 g/mol. The van der Waals surface area contributed by atoms with Crippen LogP contribution in [0.1, 0.15) is 25.5 Å². The summed E-state index contributed by atoms with van der Waals surface area (Å²) in [7, 11) is 0. The average Bonchev–Trinajstić information content (AvgIpc) is 2.26. The zero-order chi connectivity index (χ0) is 9.80. The maximum atomic E-state index is 4.44. The van der Waals surface area contributed by atoms with E-state index in [1.165, 1.54) is 29.3 Å². The highest BCUT2D eigenvalue weighted by atomic mass is 127. The fraction of sp³-hybridized carbons (Fsp3) is 0.308. The van der Waals surface area contributed by atoms with Crippen molar-refractivity contribution < 1.29 is 24.0 Å². The van der Waals surface area contributed by atoms with Gasteiger partial charge in [0.15, 0.2) is 0 Å². The Morgan fingerprint density at radius 3 is 2.73 bits per heavy atom. The molecule has 2 rings (SSSR count). The van der Waals surface area contributed by atoms with Crippen molar-refractivity contribution in [3.05, 3.63) is 42.2 Å². The minimum absolute atomic E-state index is 0. The summed E-state index contributed by atoms with van der Waals surface area (Å²) in [5.41, 5.74) is 1.24. The number of pyridine rings is 1. The number of aromatic nitrogens is 1. The lowest BCUT2D eigenvalue weighted by Crippen LogP contribution is -3.00. The van der Waals surface area contributed by atoms with E-state index in [0.29, 0.717) is 0 Å². The number of benzene rings is 1. The second kappa shape index (κ2) is 6.05. The van der Waals surface area contributed by atoms with E-state index in [1.54, 1.807) is 0 Å². The molecule has 80 valence electrons. The SMILES string of the molecule is CCCCc1nccc2ccccc12.[I-]. The summed E-state index contributed by atoms with van der Waals surface area (Å²) in [6, 6.07) is 10.5. The van der Waals surface area contributed by atoms with Crippen LogP contribution in [0.4, 0.5) is 0 Å². The Labute approximate surface area is 108 Å². The minimum atomic E-state index is 0. The Balaban J connectivity index is 0.00000112. The molecule has 0 amide bonds. The van der Waals surface area contributed by atoms with Crippen LogP contribution in [0, 0.1) is 0 Å². The summed E-state index contributed by atoms with van der Waals surface area (Å²) < 4.78 is 0. The Kier molecular flexibility index (Phi) is 5.02. The average molecular weight is 312 g/mol. The van der Waals surface area contributed by atoms with E-state index in [-0.39, 0.29) is 24.0 Å². The molecule has 0 saturated heterocycles. The lowest BCUT2D eigenvalue weighted by atomic mass is 10.1. The predicted octanol–water partition coefficient (Wildman–Crippen LogP) is 0.581. The van der Waals surface area contributed by atoms with Gasteiger partial charge < -0.3 is 24.0 Å². The van der Waals surface area contributed by atoms with E-state index in [1.807, 2.05) is 6.20 Å². The Bertz CT molecular complexity index is 420. The van der Waals surface area contributed by atoms with Gasteiger partial charge in [0.25, 0.3) is 0 Å². The van der Waals surface area contributed by atoms with Gasteiger partial charge in [0.05, 0.1) is 0 Å². The maximum absolute atomic E-state index is 4.44. The van der Waals surface area contributed by atoms with Crippen molar-refractivity contribution in [2.24, 2.45) is 0 Å². The lowest BCUT2D eigenvalue weighted by Gasteiger charge is -2.03. The number of nitrogens with zero attached hydrogens (tertiary/aromatic N) is 1. The van der Waals surface area contributed by atoms with E-state index in [9.17, 15) is 0 Å². The summed E-state index contributed by atoms with van der Waals surface area (Å²) in [4.78, 5) is 4.44. The molecule has 1 aromatic heterocycles. The number of unbranched alkanes of at least 4 members (excludes halogenated alkanes) is 1. The molecule has 0 N–H and O–H groups in total. The molecule has 0 atom stereocenters. The fourth-order valence-corrected chi connectivity index (χ4v) is 1.73. The molecule has 15 heavy (non-hydrogen) atoms. The van der Waals surface area contributed by atoms with Gasteiger partial charge in [0, 0.05) is 17.3 Å². The van der Waals surface area contributed by atoms with Crippen LogP contribution in [0.5, 0.6) is 0 Å². The molecule has 0 spiro atoms. The first kappa shape index (κ1) is 12.4. The third-order valence-electron chi connectivity index (χ3n) is 2.52. The number of hydrogen-bond acceptors (Lipinski definition) is 1. The van der Waals surface area contributed by atoms with E-state index in [2.05, 4.69) is 42.2 Å². The first-order chi connectivity index (χ1) is 6.92. The highest BCUT2D eigenvalue weighted by Gasteiger charge is 1.99. The van der Waals surface area contributed by atoms with Gasteiger partial charge in [0.1, 0.15) is 0 Å². The third-order valence-corrected chi connectivity index (χ3v) is 2.52. The van der Waals surface area contributed by atoms with E-state index >= 15 is 0 Å². The molecule has 0 aliphatic heterocycles. The molecular formula is C13H15IN-. The van der Waals surface area contributed by atoms with Gasteiger partial charge in [-0.2, -0.15) is 0 Å². The van der Waals surface area contributed by atoms with Crippen LogP contribution in [0.2, 0.25) is 0 Å². The van der Waals surface area contributed by atoms with Crippen LogP contribution in [0.25, 0.3) is 10.8 Å². The quantitative estimate of drug-likeness (QED) is 0.756. The predicted molar refractivity (Wildman–Crippen MR) is 60.4 cm³/mol. The smallest absolute Gasteiger partial charge is 0.0481 e. The Morgan fingerprint density at radius 2 is 1.93 bits per heavy atom. The standard InChI is InChI=1S/C13H15N.HI/c1-2-3-8-13-12-7-5-4-6-11(12)9-10-14-13;/h4-7,9-10H,2-3,8H2,1H3;1H/p-1. The van der Waals surface area contributed by atoms with Gasteiger partial charge in [-0.15, -0.1) is 0 Å². The van der Waals surface area contributed by atoms with Crippen LogP contribution in [0.3, 0.4) is 0 Å². The zero-order valence-corrected chi connectivity index (χ0v) is 11.1. The van der Waals surface area contributed by atoms with Gasteiger partial charge in [-0.3, -0.25) is 4.98 Å². The number of halogens is 1. The van der Waals surface area contributed by atoms with Crippen molar-refractivity contribution in [3.63, 3.8) is 0 Å². The highest BCUT2D eigenvalue weighted by molar-refractivity contribution is 5.84. The van der Waals surface area contributed by atoms with Gasteiger partial charge in [-0.05, 0) is 24.3 Å².